The highest BCUT2D eigenvalue weighted by Crippen LogP contribution is 2.26. The van der Waals surface area contributed by atoms with Crippen LogP contribution in [0.5, 0.6) is 0 Å². The molecule has 5 heteroatoms. The molecule has 0 saturated carbocycles. The Labute approximate surface area is 82.1 Å². The average molecular weight is 218 g/mol. The molecule has 1 nitrogen and oxygen atoms in total. The first-order valence-electron chi connectivity index (χ1n) is 3.69. The number of benzene rings is 1. The Bertz CT molecular complexity index is 513. The van der Waals surface area contributed by atoms with Gasteiger partial charge < -0.3 is 0 Å². The molecule has 1 aromatic carbocycles. The Morgan fingerprint density at radius 1 is 1.07 bits per heavy atom. The lowest BCUT2D eigenvalue weighted by molar-refractivity contribution is 0.453. The number of aromatic nitrogens is 1. The fraction of sp³-hybridized carbons (Fsp3) is 0. The van der Waals surface area contributed by atoms with Crippen LogP contribution in [0.3, 0.4) is 0 Å². The van der Waals surface area contributed by atoms with Crippen molar-refractivity contribution in [2.45, 2.75) is 0 Å². The second kappa shape index (κ2) is 3.13. The molecule has 0 N–H and O–H groups in total. The van der Waals surface area contributed by atoms with Gasteiger partial charge in [-0.05, 0) is 12.1 Å². The zero-order valence-corrected chi connectivity index (χ0v) is 7.45. The molecule has 0 amide bonds. The fourth-order valence-electron chi connectivity index (χ4n) is 1.19. The highest BCUT2D eigenvalue weighted by atomic mass is 35.5. The monoisotopic (exact) mass is 217 g/mol. The zero-order chi connectivity index (χ0) is 10.3. The molecular formula is C9H3ClF3N. The standard InChI is InChI=1S/C9H3ClF3N/c10-9-5-3-6(11)8(13)7(12)4(5)1-2-14-9/h1-3H. The zero-order valence-electron chi connectivity index (χ0n) is 6.69. The van der Waals surface area contributed by atoms with Crippen molar-refractivity contribution in [2.75, 3.05) is 0 Å². The van der Waals surface area contributed by atoms with E-state index in [1.807, 2.05) is 0 Å². The van der Waals surface area contributed by atoms with E-state index in [2.05, 4.69) is 4.98 Å². The smallest absolute Gasteiger partial charge is 0.195 e. The summed E-state index contributed by atoms with van der Waals surface area (Å²) in [5, 5.41) is -0.0743. The maximum absolute atomic E-state index is 13.1. The molecule has 0 aliphatic rings. The van der Waals surface area contributed by atoms with Gasteiger partial charge in [0.1, 0.15) is 5.15 Å². The van der Waals surface area contributed by atoms with Gasteiger partial charge in [0.05, 0.1) is 0 Å². The summed E-state index contributed by atoms with van der Waals surface area (Å²) in [5.41, 5.74) is 0. The van der Waals surface area contributed by atoms with Crippen LogP contribution in [-0.2, 0) is 0 Å². The third-order valence-electron chi connectivity index (χ3n) is 1.85. The maximum atomic E-state index is 13.1. The molecule has 1 heterocycles. The van der Waals surface area contributed by atoms with Gasteiger partial charge in [0.25, 0.3) is 0 Å². The Morgan fingerprint density at radius 2 is 1.79 bits per heavy atom. The third-order valence-corrected chi connectivity index (χ3v) is 2.15. The summed E-state index contributed by atoms with van der Waals surface area (Å²) < 4.78 is 38.7. The SMILES string of the molecule is Fc1cc2c(Cl)nccc2c(F)c1F. The minimum absolute atomic E-state index is 0.0553. The number of halogens is 4. The summed E-state index contributed by atoms with van der Waals surface area (Å²) in [6.45, 7) is 0. The molecule has 14 heavy (non-hydrogen) atoms. The van der Waals surface area contributed by atoms with Crippen LogP contribution in [0.1, 0.15) is 0 Å². The van der Waals surface area contributed by atoms with Gasteiger partial charge in [-0.1, -0.05) is 11.6 Å². The highest BCUT2D eigenvalue weighted by molar-refractivity contribution is 6.34. The topological polar surface area (TPSA) is 12.9 Å². The molecule has 0 aliphatic heterocycles. The number of hydrogen-bond donors (Lipinski definition) is 0. The van der Waals surface area contributed by atoms with Crippen LogP contribution in [0.15, 0.2) is 18.3 Å². The lowest BCUT2D eigenvalue weighted by Gasteiger charge is -2.02. The second-order valence-corrected chi connectivity index (χ2v) is 3.04. The summed E-state index contributed by atoms with van der Waals surface area (Å²) in [5.74, 6) is -4.02. The number of pyridine rings is 1. The molecule has 1 aromatic heterocycles. The van der Waals surface area contributed by atoms with Gasteiger partial charge in [-0.3, -0.25) is 0 Å². The molecule has 0 fully saturated rings. The lowest BCUT2D eigenvalue weighted by atomic mass is 10.1. The van der Waals surface area contributed by atoms with E-state index in [1.165, 1.54) is 12.3 Å². The van der Waals surface area contributed by atoms with Crippen LogP contribution in [0.25, 0.3) is 10.8 Å². The van der Waals surface area contributed by atoms with Gasteiger partial charge in [-0.2, -0.15) is 0 Å². The van der Waals surface area contributed by atoms with Gasteiger partial charge >= 0.3 is 0 Å². The van der Waals surface area contributed by atoms with Crippen molar-refractivity contribution in [3.8, 4) is 0 Å². The molecule has 2 aromatic rings. The van der Waals surface area contributed by atoms with E-state index in [1.54, 1.807) is 0 Å². The quantitative estimate of drug-likeness (QED) is 0.487. The molecule has 72 valence electrons. The van der Waals surface area contributed by atoms with Crippen molar-refractivity contribution in [3.05, 3.63) is 40.9 Å². The van der Waals surface area contributed by atoms with Gasteiger partial charge in [-0.25, -0.2) is 18.2 Å². The van der Waals surface area contributed by atoms with E-state index in [-0.39, 0.29) is 15.9 Å². The molecule has 0 aliphatic carbocycles. The summed E-state index contributed by atoms with van der Waals surface area (Å²) in [7, 11) is 0. The highest BCUT2D eigenvalue weighted by Gasteiger charge is 2.14. The van der Waals surface area contributed by atoms with Crippen LogP contribution < -0.4 is 0 Å². The molecule has 0 spiro atoms. The number of hydrogen-bond acceptors (Lipinski definition) is 1. The minimum Gasteiger partial charge on any atom is -0.244 e. The molecule has 0 radical (unpaired) electrons. The minimum atomic E-state index is -1.50. The predicted octanol–water partition coefficient (Wildman–Crippen LogP) is 3.31. The normalized spacial score (nSPS) is 10.9. The first-order chi connectivity index (χ1) is 6.61. The Hall–Kier alpha value is -1.29. The van der Waals surface area contributed by atoms with E-state index in [9.17, 15) is 13.2 Å². The van der Waals surface area contributed by atoms with Gasteiger partial charge in [0.15, 0.2) is 17.5 Å². The molecule has 0 unspecified atom stereocenters. The fourth-order valence-corrected chi connectivity index (χ4v) is 1.40. The van der Waals surface area contributed by atoms with Crippen molar-refractivity contribution < 1.29 is 13.2 Å². The van der Waals surface area contributed by atoms with Crippen molar-refractivity contribution in [1.82, 2.24) is 4.98 Å². The summed E-state index contributed by atoms with van der Waals surface area (Å²) in [6, 6.07) is 2.06. The van der Waals surface area contributed by atoms with Gasteiger partial charge in [-0.15, -0.1) is 0 Å². The van der Waals surface area contributed by atoms with E-state index >= 15 is 0 Å². The molecule has 0 atom stereocenters. The van der Waals surface area contributed by atoms with E-state index in [4.69, 9.17) is 11.6 Å². The number of fused-ring (bicyclic) bond motifs is 1. The van der Waals surface area contributed by atoms with Crippen molar-refractivity contribution in [2.24, 2.45) is 0 Å². The molecule has 0 bridgehead atoms. The van der Waals surface area contributed by atoms with Crippen LogP contribution >= 0.6 is 11.6 Å². The predicted molar refractivity (Wildman–Crippen MR) is 46.6 cm³/mol. The first kappa shape index (κ1) is 9.27. The molecule has 2 rings (SSSR count). The van der Waals surface area contributed by atoms with E-state index in [0.29, 0.717) is 0 Å². The van der Waals surface area contributed by atoms with Crippen molar-refractivity contribution in [1.29, 1.82) is 0 Å². The first-order valence-corrected chi connectivity index (χ1v) is 4.07. The van der Waals surface area contributed by atoms with E-state index < -0.39 is 17.5 Å². The number of nitrogens with zero attached hydrogens (tertiary/aromatic N) is 1. The van der Waals surface area contributed by atoms with Gasteiger partial charge in [0.2, 0.25) is 0 Å². The van der Waals surface area contributed by atoms with Crippen LogP contribution in [0, 0.1) is 17.5 Å². The third kappa shape index (κ3) is 1.23. The summed E-state index contributed by atoms with van der Waals surface area (Å²) in [4.78, 5) is 3.63. The lowest BCUT2D eigenvalue weighted by Crippen LogP contribution is -1.93. The van der Waals surface area contributed by atoms with Crippen molar-refractivity contribution in [3.63, 3.8) is 0 Å². The van der Waals surface area contributed by atoms with Gasteiger partial charge in [0, 0.05) is 17.0 Å². The molecular weight excluding hydrogens is 215 g/mol. The van der Waals surface area contributed by atoms with Crippen molar-refractivity contribution >= 4 is 22.4 Å². The maximum Gasteiger partial charge on any atom is 0.195 e. The summed E-state index contributed by atoms with van der Waals surface area (Å²) in [6.07, 6.45) is 1.23. The average Bonchev–Trinajstić information content (AvgIpc) is 2.17. The Kier molecular flexibility index (Phi) is 2.07. The van der Waals surface area contributed by atoms with Crippen LogP contribution in [0.2, 0.25) is 5.15 Å². The number of rotatable bonds is 0. The van der Waals surface area contributed by atoms with Crippen LogP contribution in [-0.4, -0.2) is 4.98 Å². The second-order valence-electron chi connectivity index (χ2n) is 2.68. The van der Waals surface area contributed by atoms with Crippen LogP contribution in [0.4, 0.5) is 13.2 Å². The summed E-state index contributed by atoms with van der Waals surface area (Å²) >= 11 is 5.59. The largest absolute Gasteiger partial charge is 0.244 e. The Morgan fingerprint density at radius 3 is 2.50 bits per heavy atom. The Balaban J connectivity index is 2.98. The van der Waals surface area contributed by atoms with E-state index in [0.717, 1.165) is 6.07 Å². The molecule has 0 saturated heterocycles.